The Kier molecular flexibility index (Phi) is 4.11. The van der Waals surface area contributed by atoms with Crippen molar-refractivity contribution in [1.29, 1.82) is 0 Å². The standard InChI is InChI=1S/C17H16N2O4S/c1-11(20)18-15-16(12-7-3-2-4-8-12)24(22,23)14-10-6-5-9-13(14)19-17(15)21/h2-10,15-16H,1H3,(H,18,20)(H,19,21)/t15-,16+/m1/s1. The van der Waals surface area contributed by atoms with Gasteiger partial charge in [0.15, 0.2) is 9.84 Å². The number of carbonyl (C=O) groups excluding carboxylic acids is 2. The Morgan fingerprint density at radius 2 is 1.67 bits per heavy atom. The molecule has 0 fully saturated rings. The summed E-state index contributed by atoms with van der Waals surface area (Å²) in [7, 11) is -3.90. The van der Waals surface area contributed by atoms with Crippen LogP contribution in [0.2, 0.25) is 0 Å². The van der Waals surface area contributed by atoms with Gasteiger partial charge in [0.1, 0.15) is 11.3 Å². The molecule has 2 N–H and O–H groups in total. The van der Waals surface area contributed by atoms with Crippen LogP contribution in [0.5, 0.6) is 0 Å². The van der Waals surface area contributed by atoms with Crippen LogP contribution in [0.4, 0.5) is 5.69 Å². The molecule has 0 saturated heterocycles. The molecule has 2 atom stereocenters. The van der Waals surface area contributed by atoms with Crippen LogP contribution in [-0.2, 0) is 19.4 Å². The van der Waals surface area contributed by atoms with E-state index in [4.69, 9.17) is 0 Å². The van der Waals surface area contributed by atoms with Gasteiger partial charge in [-0.05, 0) is 17.7 Å². The van der Waals surface area contributed by atoms with Gasteiger partial charge in [0, 0.05) is 6.92 Å². The van der Waals surface area contributed by atoms with E-state index in [1.165, 1.54) is 19.1 Å². The Balaban J connectivity index is 2.25. The van der Waals surface area contributed by atoms with Crippen molar-refractivity contribution in [1.82, 2.24) is 5.32 Å². The highest BCUT2D eigenvalue weighted by atomic mass is 32.2. The molecule has 2 aromatic carbocycles. The SMILES string of the molecule is CC(=O)N[C@H]1C(=O)Nc2ccccc2S(=O)(=O)[C@H]1c1ccccc1. The molecule has 2 amide bonds. The monoisotopic (exact) mass is 344 g/mol. The predicted octanol–water partition coefficient (Wildman–Crippen LogP) is 1.66. The quantitative estimate of drug-likeness (QED) is 0.866. The smallest absolute Gasteiger partial charge is 0.248 e. The summed E-state index contributed by atoms with van der Waals surface area (Å²) in [4.78, 5) is 24.2. The van der Waals surface area contributed by atoms with E-state index in [9.17, 15) is 18.0 Å². The number of nitrogens with one attached hydrogen (secondary N) is 2. The number of carbonyl (C=O) groups is 2. The molecule has 24 heavy (non-hydrogen) atoms. The molecule has 0 aromatic heterocycles. The fraction of sp³-hybridized carbons (Fsp3) is 0.176. The molecule has 0 saturated carbocycles. The average Bonchev–Trinajstić information content (AvgIpc) is 2.62. The zero-order chi connectivity index (χ0) is 17.3. The van der Waals surface area contributed by atoms with Gasteiger partial charge in [-0.3, -0.25) is 9.59 Å². The highest BCUT2D eigenvalue weighted by Crippen LogP contribution is 2.38. The average molecular weight is 344 g/mol. The lowest BCUT2D eigenvalue weighted by atomic mass is 10.0. The lowest BCUT2D eigenvalue weighted by Crippen LogP contribution is -2.47. The van der Waals surface area contributed by atoms with Crippen LogP contribution in [-0.4, -0.2) is 26.3 Å². The van der Waals surface area contributed by atoms with Crippen molar-refractivity contribution < 1.29 is 18.0 Å². The van der Waals surface area contributed by atoms with E-state index < -0.39 is 32.9 Å². The third-order valence-electron chi connectivity index (χ3n) is 3.86. The number of para-hydroxylation sites is 1. The van der Waals surface area contributed by atoms with Gasteiger partial charge in [0.05, 0.1) is 10.6 Å². The fourth-order valence-electron chi connectivity index (χ4n) is 2.86. The third-order valence-corrected chi connectivity index (χ3v) is 6.04. The second-order valence-corrected chi connectivity index (χ2v) is 7.58. The first kappa shape index (κ1) is 16.2. The summed E-state index contributed by atoms with van der Waals surface area (Å²) in [6.07, 6.45) is 0. The van der Waals surface area contributed by atoms with Crippen molar-refractivity contribution in [2.45, 2.75) is 23.1 Å². The van der Waals surface area contributed by atoms with Crippen LogP contribution in [0.25, 0.3) is 0 Å². The molecular formula is C17H16N2O4S. The summed E-state index contributed by atoms with van der Waals surface area (Å²) in [5.74, 6) is -1.04. The molecule has 0 bridgehead atoms. The first-order chi connectivity index (χ1) is 11.4. The minimum atomic E-state index is -3.90. The van der Waals surface area contributed by atoms with Crippen molar-refractivity contribution in [3.05, 3.63) is 60.2 Å². The third kappa shape index (κ3) is 2.78. The largest absolute Gasteiger partial charge is 0.343 e. The van der Waals surface area contributed by atoms with Crippen LogP contribution < -0.4 is 10.6 Å². The maximum absolute atomic E-state index is 13.2. The normalized spacial score (nSPS) is 22.0. The van der Waals surface area contributed by atoms with Crippen LogP contribution in [0, 0.1) is 0 Å². The number of benzene rings is 2. The summed E-state index contributed by atoms with van der Waals surface area (Å²) in [6.45, 7) is 1.25. The summed E-state index contributed by atoms with van der Waals surface area (Å²) in [6, 6.07) is 13.4. The highest BCUT2D eigenvalue weighted by molar-refractivity contribution is 7.92. The van der Waals surface area contributed by atoms with E-state index in [0.29, 0.717) is 5.56 Å². The number of amides is 2. The van der Waals surface area contributed by atoms with Crippen molar-refractivity contribution in [2.24, 2.45) is 0 Å². The zero-order valence-electron chi connectivity index (χ0n) is 12.9. The molecule has 7 heteroatoms. The molecule has 124 valence electrons. The van der Waals surface area contributed by atoms with Gasteiger partial charge in [0.25, 0.3) is 0 Å². The number of fused-ring (bicyclic) bond motifs is 1. The molecule has 0 radical (unpaired) electrons. The number of anilines is 1. The second kappa shape index (κ2) is 6.09. The lowest BCUT2D eigenvalue weighted by Gasteiger charge is -2.24. The van der Waals surface area contributed by atoms with Crippen molar-refractivity contribution in [2.75, 3.05) is 5.32 Å². The summed E-state index contributed by atoms with van der Waals surface area (Å²) in [5.41, 5.74) is 0.666. The van der Waals surface area contributed by atoms with Crippen molar-refractivity contribution in [3.8, 4) is 0 Å². The Bertz CT molecular complexity index is 894. The second-order valence-electron chi connectivity index (χ2n) is 5.54. The minimum Gasteiger partial charge on any atom is -0.343 e. The molecule has 0 aliphatic carbocycles. The number of sulfone groups is 1. The van der Waals surface area contributed by atoms with Gasteiger partial charge in [-0.25, -0.2) is 8.42 Å². The van der Waals surface area contributed by atoms with E-state index in [2.05, 4.69) is 10.6 Å². The van der Waals surface area contributed by atoms with Crippen LogP contribution in [0.15, 0.2) is 59.5 Å². The van der Waals surface area contributed by atoms with Crippen molar-refractivity contribution in [3.63, 3.8) is 0 Å². The van der Waals surface area contributed by atoms with E-state index >= 15 is 0 Å². The Labute approximate surface area is 139 Å². The molecule has 2 aromatic rings. The zero-order valence-corrected chi connectivity index (χ0v) is 13.7. The summed E-state index contributed by atoms with van der Waals surface area (Å²) in [5, 5.41) is 3.88. The minimum absolute atomic E-state index is 0.0417. The lowest BCUT2D eigenvalue weighted by molar-refractivity contribution is -0.125. The van der Waals surface area contributed by atoms with E-state index in [1.807, 2.05) is 0 Å². The number of rotatable bonds is 2. The van der Waals surface area contributed by atoms with Crippen molar-refractivity contribution >= 4 is 27.3 Å². The predicted molar refractivity (Wildman–Crippen MR) is 89.0 cm³/mol. The fourth-order valence-corrected chi connectivity index (χ4v) is 4.89. The van der Waals surface area contributed by atoms with Gasteiger partial charge in [-0.15, -0.1) is 0 Å². The topological polar surface area (TPSA) is 92.3 Å². The Morgan fingerprint density at radius 1 is 1.04 bits per heavy atom. The maximum atomic E-state index is 13.2. The number of hydrogen-bond donors (Lipinski definition) is 2. The molecule has 1 aliphatic rings. The Morgan fingerprint density at radius 3 is 2.33 bits per heavy atom. The highest BCUT2D eigenvalue weighted by Gasteiger charge is 2.44. The molecule has 1 heterocycles. The molecular weight excluding hydrogens is 328 g/mol. The van der Waals surface area contributed by atoms with Crippen LogP contribution >= 0.6 is 0 Å². The first-order valence-electron chi connectivity index (χ1n) is 7.37. The molecule has 3 rings (SSSR count). The van der Waals surface area contributed by atoms with Gasteiger partial charge >= 0.3 is 0 Å². The first-order valence-corrected chi connectivity index (χ1v) is 8.92. The maximum Gasteiger partial charge on any atom is 0.248 e. The molecule has 0 unspecified atom stereocenters. The summed E-state index contributed by atoms with van der Waals surface area (Å²) >= 11 is 0. The van der Waals surface area contributed by atoms with Gasteiger partial charge in [0.2, 0.25) is 11.8 Å². The Hall–Kier alpha value is -2.67. The van der Waals surface area contributed by atoms with E-state index in [-0.39, 0.29) is 10.6 Å². The van der Waals surface area contributed by atoms with Gasteiger partial charge in [-0.2, -0.15) is 0 Å². The van der Waals surface area contributed by atoms with Crippen LogP contribution in [0.1, 0.15) is 17.7 Å². The molecule has 0 spiro atoms. The molecule has 6 nitrogen and oxygen atoms in total. The number of hydrogen-bond acceptors (Lipinski definition) is 4. The van der Waals surface area contributed by atoms with Gasteiger partial charge in [-0.1, -0.05) is 42.5 Å². The van der Waals surface area contributed by atoms with Crippen LogP contribution in [0.3, 0.4) is 0 Å². The molecule has 1 aliphatic heterocycles. The van der Waals surface area contributed by atoms with Gasteiger partial charge < -0.3 is 10.6 Å². The summed E-state index contributed by atoms with van der Waals surface area (Å²) < 4.78 is 26.4. The van der Waals surface area contributed by atoms with E-state index in [1.54, 1.807) is 42.5 Å². The van der Waals surface area contributed by atoms with E-state index in [0.717, 1.165) is 0 Å².